The fourth-order valence-corrected chi connectivity index (χ4v) is 3.93. The molecule has 1 heterocycles. The van der Waals surface area contributed by atoms with Gasteiger partial charge in [0.2, 0.25) is 0 Å². The molecule has 7 nitrogen and oxygen atoms in total. The van der Waals surface area contributed by atoms with Gasteiger partial charge in [-0.2, -0.15) is 0 Å². The molecule has 2 N–H and O–H groups in total. The molecule has 0 unspecified atom stereocenters. The Morgan fingerprint density at radius 3 is 2.17 bits per heavy atom. The number of nitrogens with zero attached hydrogens (tertiary/aromatic N) is 2. The van der Waals surface area contributed by atoms with Crippen LogP contribution in [0.3, 0.4) is 0 Å². The zero-order chi connectivity index (χ0) is 24.9. The van der Waals surface area contributed by atoms with Gasteiger partial charge in [0.15, 0.2) is 5.78 Å². The molecule has 4 aromatic carbocycles. The highest BCUT2D eigenvalue weighted by molar-refractivity contribution is 5.98. The van der Waals surface area contributed by atoms with E-state index >= 15 is 0 Å². The number of nitrogens with one attached hydrogen (secondary N) is 2. The summed E-state index contributed by atoms with van der Waals surface area (Å²) in [6.07, 6.45) is 1.95. The van der Waals surface area contributed by atoms with Gasteiger partial charge in [-0.25, -0.2) is 0 Å². The van der Waals surface area contributed by atoms with Gasteiger partial charge >= 0.3 is 0 Å². The number of non-ortho nitro benzene ring substituents is 1. The number of benzene rings is 4. The van der Waals surface area contributed by atoms with Gasteiger partial charge in [-0.05, 0) is 66.2 Å². The van der Waals surface area contributed by atoms with Crippen LogP contribution in [0, 0.1) is 10.1 Å². The lowest BCUT2D eigenvalue weighted by Crippen LogP contribution is -2.04. The zero-order valence-electron chi connectivity index (χ0n) is 19.2. The van der Waals surface area contributed by atoms with Crippen LogP contribution in [0.25, 0.3) is 10.9 Å². The summed E-state index contributed by atoms with van der Waals surface area (Å²) in [6, 6.07) is 31.3. The van der Waals surface area contributed by atoms with E-state index in [4.69, 9.17) is 0 Å². The summed E-state index contributed by atoms with van der Waals surface area (Å²) in [7, 11) is 0. The Morgan fingerprint density at radius 2 is 1.44 bits per heavy atom. The highest BCUT2D eigenvalue weighted by Crippen LogP contribution is 2.28. The van der Waals surface area contributed by atoms with E-state index in [0.717, 1.165) is 22.6 Å². The molecule has 5 rings (SSSR count). The Hall–Kier alpha value is -5.04. The Morgan fingerprint density at radius 1 is 0.778 bits per heavy atom. The molecule has 0 fully saturated rings. The maximum absolute atomic E-state index is 12.8. The Balaban J connectivity index is 1.25. The molecule has 0 saturated carbocycles. The monoisotopic (exact) mass is 474 g/mol. The van der Waals surface area contributed by atoms with Crippen LogP contribution in [0.5, 0.6) is 0 Å². The van der Waals surface area contributed by atoms with Crippen molar-refractivity contribution in [2.75, 3.05) is 10.6 Å². The predicted octanol–water partition coefficient (Wildman–Crippen LogP) is 7.06. The van der Waals surface area contributed by atoms with E-state index in [2.05, 4.69) is 15.6 Å². The number of aromatic nitrogens is 1. The molecule has 0 aliphatic rings. The number of Topliss-reactive ketones (excluding diaryl/α,β-unsaturated/α-hetero) is 1. The van der Waals surface area contributed by atoms with Gasteiger partial charge in [-0.3, -0.25) is 19.9 Å². The number of nitro groups is 1. The van der Waals surface area contributed by atoms with E-state index in [1.165, 1.54) is 12.1 Å². The third-order valence-corrected chi connectivity index (χ3v) is 5.80. The van der Waals surface area contributed by atoms with Gasteiger partial charge in [0.25, 0.3) is 5.69 Å². The summed E-state index contributed by atoms with van der Waals surface area (Å²) < 4.78 is 0. The quantitative estimate of drug-likeness (QED) is 0.142. The van der Waals surface area contributed by atoms with Gasteiger partial charge in [0, 0.05) is 58.4 Å². The van der Waals surface area contributed by atoms with Crippen LogP contribution in [-0.2, 0) is 6.42 Å². The van der Waals surface area contributed by atoms with Gasteiger partial charge in [-0.1, -0.05) is 30.3 Å². The largest absolute Gasteiger partial charge is 0.356 e. The highest BCUT2D eigenvalue weighted by Gasteiger charge is 2.11. The molecule has 0 aliphatic carbocycles. The van der Waals surface area contributed by atoms with Crippen LogP contribution in [0.1, 0.15) is 15.9 Å². The molecule has 0 amide bonds. The molecule has 0 bridgehead atoms. The Bertz CT molecular complexity index is 1530. The molecule has 0 aliphatic heterocycles. The molecule has 0 spiro atoms. The van der Waals surface area contributed by atoms with Crippen LogP contribution in [0.15, 0.2) is 109 Å². The van der Waals surface area contributed by atoms with E-state index in [0.29, 0.717) is 28.6 Å². The number of rotatable bonds is 8. The van der Waals surface area contributed by atoms with Crippen molar-refractivity contribution in [1.29, 1.82) is 0 Å². The van der Waals surface area contributed by atoms with Crippen molar-refractivity contribution in [3.8, 4) is 0 Å². The molecular weight excluding hydrogens is 452 g/mol. The first-order chi connectivity index (χ1) is 17.5. The number of pyridine rings is 1. The molecule has 36 heavy (non-hydrogen) atoms. The van der Waals surface area contributed by atoms with E-state index < -0.39 is 4.92 Å². The minimum Gasteiger partial charge on any atom is -0.356 e. The smallest absolute Gasteiger partial charge is 0.270 e. The summed E-state index contributed by atoms with van der Waals surface area (Å²) in [5, 5.41) is 18.4. The second kappa shape index (κ2) is 10.1. The van der Waals surface area contributed by atoms with Crippen molar-refractivity contribution in [3.63, 3.8) is 0 Å². The average molecular weight is 475 g/mol. The fraction of sp³-hybridized carbons (Fsp3) is 0.0345. The molecule has 5 aromatic rings. The lowest BCUT2D eigenvalue weighted by molar-refractivity contribution is -0.384. The number of para-hydroxylation sites is 1. The molecular formula is C29H22N4O3. The fourth-order valence-electron chi connectivity index (χ4n) is 3.93. The van der Waals surface area contributed by atoms with Gasteiger partial charge < -0.3 is 10.6 Å². The normalized spacial score (nSPS) is 10.7. The maximum Gasteiger partial charge on any atom is 0.270 e. The summed E-state index contributed by atoms with van der Waals surface area (Å²) in [6.45, 7) is 0. The Labute approximate surface area is 207 Å². The minimum atomic E-state index is -0.427. The number of carbonyl (C=O) groups is 1. The molecule has 0 atom stereocenters. The number of carbonyl (C=O) groups excluding carboxylic acids is 1. The average Bonchev–Trinajstić information content (AvgIpc) is 2.91. The van der Waals surface area contributed by atoms with Crippen LogP contribution < -0.4 is 10.6 Å². The predicted molar refractivity (Wildman–Crippen MR) is 142 cm³/mol. The SMILES string of the molecule is O=C(Cc1ccc(Nc2ccccc2)cc1)c1ccc(Nc2ccnc3ccc([N+](=O)[O-])cc23)cc1. The first kappa shape index (κ1) is 22.7. The van der Waals surface area contributed by atoms with Crippen molar-refractivity contribution in [3.05, 3.63) is 131 Å². The van der Waals surface area contributed by atoms with Crippen molar-refractivity contribution in [1.82, 2.24) is 4.98 Å². The first-order valence-corrected chi connectivity index (χ1v) is 11.4. The van der Waals surface area contributed by atoms with Gasteiger partial charge in [-0.15, -0.1) is 0 Å². The van der Waals surface area contributed by atoms with E-state index in [9.17, 15) is 14.9 Å². The first-order valence-electron chi connectivity index (χ1n) is 11.4. The summed E-state index contributed by atoms with van der Waals surface area (Å²) in [5.74, 6) is 0.0234. The van der Waals surface area contributed by atoms with E-state index in [1.807, 2.05) is 66.7 Å². The van der Waals surface area contributed by atoms with Crippen LogP contribution in [0.2, 0.25) is 0 Å². The van der Waals surface area contributed by atoms with Gasteiger partial charge in [0.1, 0.15) is 0 Å². The van der Waals surface area contributed by atoms with Crippen molar-refractivity contribution < 1.29 is 9.72 Å². The summed E-state index contributed by atoms with van der Waals surface area (Å²) >= 11 is 0. The Kier molecular flexibility index (Phi) is 6.36. The summed E-state index contributed by atoms with van der Waals surface area (Å²) in [5.41, 5.74) is 5.64. The third-order valence-electron chi connectivity index (χ3n) is 5.80. The van der Waals surface area contributed by atoms with E-state index in [-0.39, 0.29) is 11.5 Å². The molecule has 0 saturated heterocycles. The number of fused-ring (bicyclic) bond motifs is 1. The second-order valence-electron chi connectivity index (χ2n) is 8.31. The maximum atomic E-state index is 12.8. The number of hydrogen-bond donors (Lipinski definition) is 2. The minimum absolute atomic E-state index is 0.00312. The van der Waals surface area contributed by atoms with Crippen LogP contribution in [-0.4, -0.2) is 15.7 Å². The highest BCUT2D eigenvalue weighted by atomic mass is 16.6. The number of nitro benzene ring substituents is 1. The number of hydrogen-bond acceptors (Lipinski definition) is 6. The number of anilines is 4. The zero-order valence-corrected chi connectivity index (χ0v) is 19.2. The molecule has 7 heteroatoms. The number of ketones is 1. The lowest BCUT2D eigenvalue weighted by atomic mass is 10.0. The topological polar surface area (TPSA) is 97.2 Å². The van der Waals surface area contributed by atoms with Crippen LogP contribution >= 0.6 is 0 Å². The summed E-state index contributed by atoms with van der Waals surface area (Å²) in [4.78, 5) is 27.8. The second-order valence-corrected chi connectivity index (χ2v) is 8.31. The van der Waals surface area contributed by atoms with Crippen molar-refractivity contribution in [2.45, 2.75) is 6.42 Å². The standard InChI is InChI=1S/C29H22N4O3/c34-29(18-20-6-10-23(11-7-20)31-22-4-2-1-3-5-22)21-8-12-24(13-9-21)32-28-16-17-30-27-15-14-25(33(35)36)19-26(27)28/h1-17,19,31H,18H2,(H,30,32). The third kappa shape index (κ3) is 5.20. The van der Waals surface area contributed by atoms with E-state index in [1.54, 1.807) is 30.5 Å². The molecule has 1 aromatic heterocycles. The van der Waals surface area contributed by atoms with Crippen LogP contribution in [0.4, 0.5) is 28.4 Å². The van der Waals surface area contributed by atoms with Crippen molar-refractivity contribution in [2.24, 2.45) is 0 Å². The van der Waals surface area contributed by atoms with Gasteiger partial charge in [0.05, 0.1) is 10.4 Å². The molecule has 176 valence electrons. The molecule has 0 radical (unpaired) electrons. The lowest BCUT2D eigenvalue weighted by Gasteiger charge is -2.10. The van der Waals surface area contributed by atoms with Crippen molar-refractivity contribution >= 4 is 45.1 Å².